The molecule has 1 aliphatic rings. The second-order valence-electron chi connectivity index (χ2n) is 7.83. The van der Waals surface area contributed by atoms with Crippen LogP contribution in [-0.4, -0.2) is 14.5 Å². The standard InChI is InChI=1S/C24H24N4S/c1-17-5-6-19(13-18-3-2-4-18)14-22(17)26-24-27-23(15-29-24)20-7-9-21(10-8-20)28-12-11-25-16-28/h5-12,14-16,18H,2-4,13H2,1H3,(H,26,27). The predicted octanol–water partition coefficient (Wildman–Crippen LogP) is 6.39. The van der Waals surface area contributed by atoms with Gasteiger partial charge in [0.25, 0.3) is 0 Å². The summed E-state index contributed by atoms with van der Waals surface area (Å²) in [5.74, 6) is 0.877. The molecule has 2 aromatic carbocycles. The fraction of sp³-hybridized carbons (Fsp3) is 0.250. The van der Waals surface area contributed by atoms with E-state index in [4.69, 9.17) is 4.98 Å². The molecule has 0 atom stereocenters. The van der Waals surface area contributed by atoms with Crippen molar-refractivity contribution >= 4 is 22.2 Å². The van der Waals surface area contributed by atoms with E-state index in [0.717, 1.165) is 33.7 Å². The molecule has 0 unspecified atom stereocenters. The summed E-state index contributed by atoms with van der Waals surface area (Å²) in [6.45, 7) is 2.15. The normalized spacial score (nSPS) is 14.0. The molecule has 0 radical (unpaired) electrons. The molecule has 0 bridgehead atoms. The molecule has 1 fully saturated rings. The zero-order chi connectivity index (χ0) is 19.6. The number of aryl methyl sites for hydroxylation is 1. The van der Waals surface area contributed by atoms with Crippen LogP contribution in [0.1, 0.15) is 30.4 Å². The van der Waals surface area contributed by atoms with Crippen LogP contribution < -0.4 is 5.32 Å². The lowest BCUT2D eigenvalue weighted by molar-refractivity contribution is 0.314. The lowest BCUT2D eigenvalue weighted by Gasteiger charge is -2.25. The van der Waals surface area contributed by atoms with Gasteiger partial charge in [-0.05, 0) is 48.6 Å². The molecule has 0 aliphatic heterocycles. The second-order valence-corrected chi connectivity index (χ2v) is 8.69. The van der Waals surface area contributed by atoms with Crippen molar-refractivity contribution < 1.29 is 0 Å². The lowest BCUT2D eigenvalue weighted by atomic mass is 9.81. The third-order valence-corrected chi connectivity index (χ3v) is 6.52. The van der Waals surface area contributed by atoms with E-state index < -0.39 is 0 Å². The maximum atomic E-state index is 4.82. The Kier molecular flexibility index (Phi) is 4.90. The van der Waals surface area contributed by atoms with Crippen LogP contribution >= 0.6 is 11.3 Å². The molecular weight excluding hydrogens is 376 g/mol. The van der Waals surface area contributed by atoms with Crippen LogP contribution in [0.3, 0.4) is 0 Å². The van der Waals surface area contributed by atoms with Gasteiger partial charge in [0.2, 0.25) is 0 Å². The number of rotatable bonds is 6. The van der Waals surface area contributed by atoms with E-state index >= 15 is 0 Å². The number of imidazole rings is 1. The van der Waals surface area contributed by atoms with Gasteiger partial charge >= 0.3 is 0 Å². The monoisotopic (exact) mass is 400 g/mol. The zero-order valence-corrected chi connectivity index (χ0v) is 17.3. The van der Waals surface area contributed by atoms with Crippen molar-refractivity contribution in [1.29, 1.82) is 0 Å². The summed E-state index contributed by atoms with van der Waals surface area (Å²) in [7, 11) is 0. The van der Waals surface area contributed by atoms with Crippen LogP contribution in [-0.2, 0) is 6.42 Å². The van der Waals surface area contributed by atoms with Crippen molar-refractivity contribution in [3.05, 3.63) is 77.7 Å². The Balaban J connectivity index is 1.32. The van der Waals surface area contributed by atoms with Crippen LogP contribution in [0.5, 0.6) is 0 Å². The van der Waals surface area contributed by atoms with Crippen molar-refractivity contribution in [1.82, 2.24) is 14.5 Å². The van der Waals surface area contributed by atoms with Crippen molar-refractivity contribution in [3.63, 3.8) is 0 Å². The summed E-state index contributed by atoms with van der Waals surface area (Å²) in [5, 5.41) is 6.59. The third kappa shape index (κ3) is 3.96. The number of aromatic nitrogens is 3. The van der Waals surface area contributed by atoms with E-state index in [0.29, 0.717) is 0 Å². The number of nitrogens with zero attached hydrogens (tertiary/aromatic N) is 3. The molecule has 0 amide bonds. The minimum atomic E-state index is 0.877. The Morgan fingerprint density at radius 1 is 1.14 bits per heavy atom. The molecule has 4 aromatic rings. The first-order valence-corrected chi connectivity index (χ1v) is 11.0. The van der Waals surface area contributed by atoms with Crippen LogP contribution in [0.15, 0.2) is 66.6 Å². The van der Waals surface area contributed by atoms with Gasteiger partial charge in [0.1, 0.15) is 0 Å². The summed E-state index contributed by atoms with van der Waals surface area (Å²) in [6.07, 6.45) is 10.9. The molecule has 2 heterocycles. The van der Waals surface area contributed by atoms with Crippen LogP contribution in [0.25, 0.3) is 16.9 Å². The Hall–Kier alpha value is -2.92. The quantitative estimate of drug-likeness (QED) is 0.408. The maximum absolute atomic E-state index is 4.82. The molecule has 29 heavy (non-hydrogen) atoms. The third-order valence-electron chi connectivity index (χ3n) is 5.76. The highest BCUT2D eigenvalue weighted by atomic mass is 32.1. The van der Waals surface area contributed by atoms with Crippen molar-refractivity contribution in [3.8, 4) is 16.9 Å². The molecule has 4 nitrogen and oxygen atoms in total. The minimum Gasteiger partial charge on any atom is -0.331 e. The fourth-order valence-corrected chi connectivity index (χ4v) is 4.49. The molecule has 5 heteroatoms. The van der Waals surface area contributed by atoms with Gasteiger partial charge in [0, 0.05) is 34.7 Å². The fourth-order valence-electron chi connectivity index (χ4n) is 3.76. The first kappa shape index (κ1) is 18.1. The van der Waals surface area contributed by atoms with Crippen LogP contribution in [0, 0.1) is 12.8 Å². The van der Waals surface area contributed by atoms with Crippen molar-refractivity contribution in [2.24, 2.45) is 5.92 Å². The Morgan fingerprint density at radius 3 is 2.72 bits per heavy atom. The van der Waals surface area contributed by atoms with Gasteiger partial charge in [-0.1, -0.05) is 43.5 Å². The first-order valence-electron chi connectivity index (χ1n) is 10.2. The van der Waals surface area contributed by atoms with Gasteiger partial charge < -0.3 is 9.88 Å². The average Bonchev–Trinajstić information content (AvgIpc) is 3.39. The highest BCUT2D eigenvalue weighted by Gasteiger charge is 2.18. The van der Waals surface area contributed by atoms with Gasteiger partial charge in [-0.25, -0.2) is 9.97 Å². The van der Waals surface area contributed by atoms with E-state index in [-0.39, 0.29) is 0 Å². The zero-order valence-electron chi connectivity index (χ0n) is 16.5. The van der Waals surface area contributed by atoms with E-state index in [1.165, 1.54) is 36.8 Å². The molecule has 0 saturated heterocycles. The van der Waals surface area contributed by atoms with Gasteiger partial charge in [-0.3, -0.25) is 0 Å². The van der Waals surface area contributed by atoms with E-state index in [1.54, 1.807) is 23.9 Å². The smallest absolute Gasteiger partial charge is 0.187 e. The van der Waals surface area contributed by atoms with Crippen molar-refractivity contribution in [2.75, 3.05) is 5.32 Å². The molecule has 1 N–H and O–H groups in total. The number of hydrogen-bond acceptors (Lipinski definition) is 4. The van der Waals surface area contributed by atoms with Crippen molar-refractivity contribution in [2.45, 2.75) is 32.6 Å². The first-order chi connectivity index (χ1) is 14.2. The molecule has 1 aliphatic carbocycles. The van der Waals surface area contributed by atoms with Gasteiger partial charge in [-0.2, -0.15) is 0 Å². The van der Waals surface area contributed by atoms with Gasteiger partial charge in [-0.15, -0.1) is 11.3 Å². The van der Waals surface area contributed by atoms with Gasteiger partial charge in [0.15, 0.2) is 5.13 Å². The summed E-state index contributed by atoms with van der Waals surface area (Å²) < 4.78 is 2.00. The Morgan fingerprint density at radius 2 is 2.00 bits per heavy atom. The summed E-state index contributed by atoms with van der Waals surface area (Å²) in [5.41, 5.74) is 7.06. The average molecular weight is 401 g/mol. The summed E-state index contributed by atoms with van der Waals surface area (Å²) >= 11 is 1.65. The molecule has 5 rings (SSSR count). The largest absolute Gasteiger partial charge is 0.331 e. The number of thiazole rings is 1. The predicted molar refractivity (Wildman–Crippen MR) is 120 cm³/mol. The number of benzene rings is 2. The van der Waals surface area contributed by atoms with Crippen LogP contribution in [0.4, 0.5) is 10.8 Å². The van der Waals surface area contributed by atoms with Crippen LogP contribution in [0.2, 0.25) is 0 Å². The Bertz CT molecular complexity index is 1090. The molecule has 146 valence electrons. The maximum Gasteiger partial charge on any atom is 0.187 e. The highest BCUT2D eigenvalue weighted by molar-refractivity contribution is 7.14. The molecule has 1 saturated carbocycles. The van der Waals surface area contributed by atoms with E-state index in [1.807, 2.05) is 10.8 Å². The van der Waals surface area contributed by atoms with E-state index in [2.05, 4.69) is 65.1 Å². The SMILES string of the molecule is Cc1ccc(CC2CCC2)cc1Nc1nc(-c2ccc(-n3ccnc3)cc2)cs1. The minimum absolute atomic E-state index is 0.877. The number of hydrogen-bond donors (Lipinski definition) is 1. The number of anilines is 2. The lowest BCUT2D eigenvalue weighted by Crippen LogP contribution is -2.13. The Labute approximate surface area is 175 Å². The highest BCUT2D eigenvalue weighted by Crippen LogP contribution is 2.32. The molecule has 2 aromatic heterocycles. The summed E-state index contributed by atoms with van der Waals surface area (Å²) in [6, 6.07) is 15.2. The second kappa shape index (κ2) is 7.84. The molecular formula is C24H24N4S. The number of nitrogens with one attached hydrogen (secondary N) is 1. The van der Waals surface area contributed by atoms with E-state index in [9.17, 15) is 0 Å². The summed E-state index contributed by atoms with van der Waals surface area (Å²) in [4.78, 5) is 8.92. The molecule has 0 spiro atoms. The van der Waals surface area contributed by atoms with Gasteiger partial charge in [0.05, 0.1) is 12.0 Å². The topological polar surface area (TPSA) is 42.7 Å².